The van der Waals surface area contributed by atoms with Crippen LogP contribution in [0, 0.1) is 5.92 Å². The Labute approximate surface area is 107 Å². The summed E-state index contributed by atoms with van der Waals surface area (Å²) in [6, 6.07) is 7.12. The van der Waals surface area contributed by atoms with E-state index < -0.39 is 0 Å². The number of carbonyl (C=O) groups excluding carboxylic acids is 1. The van der Waals surface area contributed by atoms with Gasteiger partial charge in [0, 0.05) is 37.5 Å². The highest BCUT2D eigenvalue weighted by Crippen LogP contribution is 2.18. The first-order chi connectivity index (χ1) is 8.69. The lowest BCUT2D eigenvalue weighted by atomic mass is 10.1. The van der Waals surface area contributed by atoms with Crippen LogP contribution in [0.25, 0.3) is 0 Å². The molecule has 5 heteroatoms. The minimum absolute atomic E-state index is 0.0702. The maximum atomic E-state index is 12.0. The fourth-order valence-electron chi connectivity index (χ4n) is 2.21. The van der Waals surface area contributed by atoms with Gasteiger partial charge in [0.25, 0.3) is 0 Å². The Morgan fingerprint density at radius 1 is 1.61 bits per heavy atom. The van der Waals surface area contributed by atoms with Crippen molar-refractivity contribution in [1.82, 2.24) is 4.90 Å². The molecule has 0 bridgehead atoms. The van der Waals surface area contributed by atoms with Gasteiger partial charge in [0.05, 0.1) is 6.61 Å². The first-order valence-electron chi connectivity index (χ1n) is 6.09. The van der Waals surface area contributed by atoms with Crippen molar-refractivity contribution < 1.29 is 9.53 Å². The molecular formula is C13H19N3O2. The van der Waals surface area contributed by atoms with Gasteiger partial charge in [-0.3, -0.25) is 0 Å². The fourth-order valence-corrected chi connectivity index (χ4v) is 2.21. The van der Waals surface area contributed by atoms with E-state index in [9.17, 15) is 4.79 Å². The van der Waals surface area contributed by atoms with Crippen molar-refractivity contribution in [2.45, 2.75) is 6.42 Å². The summed E-state index contributed by atoms with van der Waals surface area (Å²) in [7, 11) is 1.69. The van der Waals surface area contributed by atoms with E-state index in [-0.39, 0.29) is 6.03 Å². The van der Waals surface area contributed by atoms with E-state index in [0.717, 1.165) is 25.2 Å². The van der Waals surface area contributed by atoms with Gasteiger partial charge in [0.15, 0.2) is 0 Å². The second kappa shape index (κ2) is 5.73. The number of rotatable bonds is 3. The van der Waals surface area contributed by atoms with Gasteiger partial charge >= 0.3 is 6.03 Å². The molecular weight excluding hydrogens is 230 g/mol. The van der Waals surface area contributed by atoms with Gasteiger partial charge in [-0.05, 0) is 24.6 Å². The van der Waals surface area contributed by atoms with Crippen molar-refractivity contribution in [3.63, 3.8) is 0 Å². The van der Waals surface area contributed by atoms with Crippen molar-refractivity contribution in [3.8, 4) is 0 Å². The van der Waals surface area contributed by atoms with Crippen molar-refractivity contribution in [2.75, 3.05) is 37.9 Å². The average molecular weight is 249 g/mol. The maximum Gasteiger partial charge on any atom is 0.321 e. The highest BCUT2D eigenvalue weighted by Gasteiger charge is 2.25. The molecule has 5 nitrogen and oxygen atoms in total. The van der Waals surface area contributed by atoms with Gasteiger partial charge in [-0.25, -0.2) is 4.79 Å². The number of methoxy groups -OCH3 is 1. The van der Waals surface area contributed by atoms with Crippen LogP contribution in [0.2, 0.25) is 0 Å². The van der Waals surface area contributed by atoms with Crippen LogP contribution >= 0.6 is 0 Å². The third kappa shape index (κ3) is 3.13. The fraction of sp³-hybridized carbons (Fsp3) is 0.462. The molecule has 1 aliphatic rings. The molecule has 2 rings (SSSR count). The van der Waals surface area contributed by atoms with Crippen molar-refractivity contribution in [2.24, 2.45) is 5.92 Å². The molecule has 98 valence electrons. The van der Waals surface area contributed by atoms with Crippen LogP contribution in [0.15, 0.2) is 24.3 Å². The number of anilines is 2. The smallest absolute Gasteiger partial charge is 0.321 e. The van der Waals surface area contributed by atoms with Crippen LogP contribution < -0.4 is 11.1 Å². The predicted octanol–water partition coefficient (Wildman–Crippen LogP) is 1.77. The van der Waals surface area contributed by atoms with E-state index in [1.165, 1.54) is 0 Å². The van der Waals surface area contributed by atoms with Gasteiger partial charge in [-0.2, -0.15) is 0 Å². The van der Waals surface area contributed by atoms with Crippen LogP contribution in [-0.2, 0) is 4.74 Å². The van der Waals surface area contributed by atoms with Gasteiger partial charge < -0.3 is 20.7 Å². The molecule has 2 amide bonds. The highest BCUT2D eigenvalue weighted by atomic mass is 16.5. The van der Waals surface area contributed by atoms with Crippen molar-refractivity contribution >= 4 is 17.4 Å². The highest BCUT2D eigenvalue weighted by molar-refractivity contribution is 5.90. The Morgan fingerprint density at radius 3 is 3.17 bits per heavy atom. The van der Waals surface area contributed by atoms with Gasteiger partial charge in [0.2, 0.25) is 0 Å². The Kier molecular flexibility index (Phi) is 4.04. The number of hydrogen-bond donors (Lipinski definition) is 2. The van der Waals surface area contributed by atoms with E-state index >= 15 is 0 Å². The number of nitrogens with one attached hydrogen (secondary N) is 1. The average Bonchev–Trinajstić information content (AvgIpc) is 2.78. The van der Waals surface area contributed by atoms with Crippen LogP contribution in [0.1, 0.15) is 6.42 Å². The number of nitrogen functional groups attached to an aromatic ring is 1. The zero-order valence-electron chi connectivity index (χ0n) is 10.6. The SMILES string of the molecule is COCC1CCN(C(=O)Nc2cccc(N)c2)C1. The summed E-state index contributed by atoms with van der Waals surface area (Å²) in [6.45, 7) is 2.24. The number of nitrogens with zero attached hydrogens (tertiary/aromatic N) is 1. The number of amides is 2. The number of carbonyl (C=O) groups is 1. The van der Waals surface area contributed by atoms with E-state index in [4.69, 9.17) is 10.5 Å². The summed E-state index contributed by atoms with van der Waals surface area (Å²) in [5.74, 6) is 0.446. The zero-order chi connectivity index (χ0) is 13.0. The minimum Gasteiger partial charge on any atom is -0.399 e. The molecule has 1 heterocycles. The molecule has 1 aliphatic heterocycles. The summed E-state index contributed by atoms with van der Waals surface area (Å²) in [6.07, 6.45) is 0.998. The number of nitrogens with two attached hydrogens (primary N) is 1. The Morgan fingerprint density at radius 2 is 2.44 bits per heavy atom. The second-order valence-electron chi connectivity index (χ2n) is 4.61. The molecule has 1 unspecified atom stereocenters. The topological polar surface area (TPSA) is 67.6 Å². The molecule has 0 saturated carbocycles. The van der Waals surface area contributed by atoms with Gasteiger partial charge in [-0.1, -0.05) is 6.07 Å². The number of urea groups is 1. The summed E-state index contributed by atoms with van der Waals surface area (Å²) < 4.78 is 5.11. The van der Waals surface area contributed by atoms with E-state index in [1.54, 1.807) is 19.2 Å². The van der Waals surface area contributed by atoms with Crippen LogP contribution in [0.3, 0.4) is 0 Å². The minimum atomic E-state index is -0.0702. The maximum absolute atomic E-state index is 12.0. The second-order valence-corrected chi connectivity index (χ2v) is 4.61. The molecule has 1 aromatic rings. The normalized spacial score (nSPS) is 18.9. The molecule has 18 heavy (non-hydrogen) atoms. The van der Waals surface area contributed by atoms with Gasteiger partial charge in [0.1, 0.15) is 0 Å². The predicted molar refractivity (Wildman–Crippen MR) is 71.4 cm³/mol. The first kappa shape index (κ1) is 12.7. The lowest BCUT2D eigenvalue weighted by Gasteiger charge is -2.17. The van der Waals surface area contributed by atoms with E-state index in [1.807, 2.05) is 17.0 Å². The molecule has 0 radical (unpaired) electrons. The zero-order valence-corrected chi connectivity index (χ0v) is 10.6. The largest absolute Gasteiger partial charge is 0.399 e. The third-order valence-corrected chi connectivity index (χ3v) is 3.11. The Hall–Kier alpha value is -1.75. The molecule has 0 aromatic heterocycles. The molecule has 0 spiro atoms. The van der Waals surface area contributed by atoms with Crippen LogP contribution in [0.4, 0.5) is 16.2 Å². The molecule has 1 saturated heterocycles. The number of likely N-dealkylation sites (tertiary alicyclic amines) is 1. The summed E-state index contributed by atoms with van der Waals surface area (Å²) in [5.41, 5.74) is 7.04. The standard InChI is InChI=1S/C13H19N3O2/c1-18-9-10-5-6-16(8-10)13(17)15-12-4-2-3-11(14)7-12/h2-4,7,10H,5-6,8-9,14H2,1H3,(H,15,17). The molecule has 1 aromatic carbocycles. The lowest BCUT2D eigenvalue weighted by molar-refractivity contribution is 0.154. The van der Waals surface area contributed by atoms with E-state index in [2.05, 4.69) is 5.32 Å². The van der Waals surface area contributed by atoms with Crippen LogP contribution in [-0.4, -0.2) is 37.7 Å². The van der Waals surface area contributed by atoms with Gasteiger partial charge in [-0.15, -0.1) is 0 Å². The quantitative estimate of drug-likeness (QED) is 0.802. The Balaban J connectivity index is 1.89. The molecule has 0 aliphatic carbocycles. The molecule has 3 N–H and O–H groups in total. The first-order valence-corrected chi connectivity index (χ1v) is 6.09. The van der Waals surface area contributed by atoms with Crippen molar-refractivity contribution in [3.05, 3.63) is 24.3 Å². The molecule has 1 atom stereocenters. The summed E-state index contributed by atoms with van der Waals surface area (Å²) in [4.78, 5) is 13.8. The summed E-state index contributed by atoms with van der Waals surface area (Å²) >= 11 is 0. The monoisotopic (exact) mass is 249 g/mol. The number of hydrogen-bond acceptors (Lipinski definition) is 3. The lowest BCUT2D eigenvalue weighted by Crippen LogP contribution is -2.33. The van der Waals surface area contributed by atoms with E-state index in [0.29, 0.717) is 18.2 Å². The van der Waals surface area contributed by atoms with Crippen molar-refractivity contribution in [1.29, 1.82) is 0 Å². The van der Waals surface area contributed by atoms with Crippen LogP contribution in [0.5, 0.6) is 0 Å². The molecule has 1 fully saturated rings. The number of benzene rings is 1. The third-order valence-electron chi connectivity index (χ3n) is 3.11. The Bertz CT molecular complexity index is 422. The number of ether oxygens (including phenoxy) is 1. The summed E-state index contributed by atoms with van der Waals surface area (Å²) in [5, 5.41) is 2.85.